The van der Waals surface area contributed by atoms with Gasteiger partial charge in [-0.05, 0) is 29.8 Å². The van der Waals surface area contributed by atoms with Crippen molar-refractivity contribution in [2.45, 2.75) is 11.3 Å². The normalized spacial score (nSPS) is 14.3. The van der Waals surface area contributed by atoms with Gasteiger partial charge in [0.15, 0.2) is 16.4 Å². The average Bonchev–Trinajstić information content (AvgIpc) is 3.10. The molecule has 0 fully saturated rings. The highest BCUT2D eigenvalue weighted by atomic mass is 32.2. The molecule has 1 aliphatic heterocycles. The molecule has 0 atom stereocenters. The molecule has 0 bridgehead atoms. The highest BCUT2D eigenvalue weighted by molar-refractivity contribution is 7.90. The Morgan fingerprint density at radius 2 is 1.80 bits per heavy atom. The number of carbonyl (C=O) groups excluding carboxylic acids is 1. The average molecular weight is 358 g/mol. The van der Waals surface area contributed by atoms with E-state index in [2.05, 4.69) is 5.10 Å². The molecule has 1 aliphatic rings. The lowest BCUT2D eigenvalue weighted by molar-refractivity contribution is -0.132. The summed E-state index contributed by atoms with van der Waals surface area (Å²) < 4.78 is 28.3. The highest BCUT2D eigenvalue weighted by Crippen LogP contribution is 2.17. The summed E-state index contributed by atoms with van der Waals surface area (Å²) in [4.78, 5) is 12.4. The first-order valence-corrected chi connectivity index (χ1v) is 9.69. The van der Waals surface area contributed by atoms with Crippen LogP contribution in [-0.4, -0.2) is 44.5 Å². The van der Waals surface area contributed by atoms with Crippen molar-refractivity contribution < 1.29 is 17.9 Å². The van der Waals surface area contributed by atoms with Crippen molar-refractivity contribution >= 4 is 21.5 Å². The Morgan fingerprint density at radius 3 is 2.44 bits per heavy atom. The van der Waals surface area contributed by atoms with Gasteiger partial charge in [-0.25, -0.2) is 13.4 Å². The van der Waals surface area contributed by atoms with E-state index in [1.54, 1.807) is 0 Å². The maximum Gasteiger partial charge on any atom is 0.280 e. The quantitative estimate of drug-likeness (QED) is 0.820. The second-order valence-corrected chi connectivity index (χ2v) is 7.73. The molecule has 0 aromatic heterocycles. The topological polar surface area (TPSA) is 76.0 Å². The van der Waals surface area contributed by atoms with Crippen LogP contribution in [0.1, 0.15) is 12.0 Å². The summed E-state index contributed by atoms with van der Waals surface area (Å²) in [7, 11) is -3.24. The number of sulfone groups is 1. The Bertz CT molecular complexity index is 890. The van der Waals surface area contributed by atoms with Crippen LogP contribution in [0.25, 0.3) is 0 Å². The lowest BCUT2D eigenvalue weighted by atomic mass is 10.1. The first kappa shape index (κ1) is 17.2. The molecule has 0 N–H and O–H groups in total. The molecule has 0 saturated carbocycles. The van der Waals surface area contributed by atoms with Crippen LogP contribution in [0.2, 0.25) is 0 Å². The largest absolute Gasteiger partial charge is 0.484 e. The smallest absolute Gasteiger partial charge is 0.280 e. The van der Waals surface area contributed by atoms with Gasteiger partial charge in [0.1, 0.15) is 5.75 Å². The summed E-state index contributed by atoms with van der Waals surface area (Å²) in [6.45, 7) is 0.378. The van der Waals surface area contributed by atoms with E-state index in [1.165, 1.54) is 29.3 Å². The number of hydrazone groups is 1. The van der Waals surface area contributed by atoms with Gasteiger partial charge < -0.3 is 4.74 Å². The van der Waals surface area contributed by atoms with Crippen molar-refractivity contribution in [1.29, 1.82) is 0 Å². The van der Waals surface area contributed by atoms with Crippen LogP contribution in [0, 0.1) is 0 Å². The van der Waals surface area contributed by atoms with E-state index < -0.39 is 9.84 Å². The highest BCUT2D eigenvalue weighted by Gasteiger charge is 2.21. The van der Waals surface area contributed by atoms with Gasteiger partial charge in [0, 0.05) is 12.7 Å². The minimum atomic E-state index is -3.24. The Hall–Kier alpha value is -2.67. The number of hydrogen-bond donors (Lipinski definition) is 0. The molecule has 0 aliphatic carbocycles. The van der Waals surface area contributed by atoms with Crippen molar-refractivity contribution in [2.24, 2.45) is 5.10 Å². The predicted octanol–water partition coefficient (Wildman–Crippen LogP) is 2.11. The fraction of sp³-hybridized carbons (Fsp3) is 0.222. The Morgan fingerprint density at radius 1 is 1.12 bits per heavy atom. The number of benzene rings is 2. The summed E-state index contributed by atoms with van der Waals surface area (Å²) in [6, 6.07) is 15.7. The van der Waals surface area contributed by atoms with E-state index in [-0.39, 0.29) is 17.4 Å². The number of amides is 1. The van der Waals surface area contributed by atoms with Gasteiger partial charge in [-0.1, -0.05) is 30.3 Å². The number of carbonyl (C=O) groups is 1. The molecular weight excluding hydrogens is 340 g/mol. The molecule has 0 saturated heterocycles. The third-order valence-electron chi connectivity index (χ3n) is 3.81. The number of rotatable bonds is 5. The molecule has 6 nitrogen and oxygen atoms in total. The zero-order valence-corrected chi connectivity index (χ0v) is 14.6. The van der Waals surface area contributed by atoms with Crippen LogP contribution >= 0.6 is 0 Å². The number of hydrogen-bond acceptors (Lipinski definition) is 5. The number of nitrogens with zero attached hydrogens (tertiary/aromatic N) is 2. The second kappa shape index (κ2) is 7.06. The number of ether oxygens (including phenoxy) is 1. The molecule has 3 rings (SSSR count). The molecule has 0 unspecified atom stereocenters. The summed E-state index contributed by atoms with van der Waals surface area (Å²) in [5.74, 6) is 0.199. The molecule has 7 heteroatoms. The summed E-state index contributed by atoms with van der Waals surface area (Å²) in [5, 5.41) is 5.77. The zero-order chi connectivity index (χ0) is 17.9. The second-order valence-electron chi connectivity index (χ2n) is 5.71. The van der Waals surface area contributed by atoms with E-state index in [0.29, 0.717) is 18.7 Å². The predicted molar refractivity (Wildman–Crippen MR) is 94.4 cm³/mol. The van der Waals surface area contributed by atoms with E-state index in [1.807, 2.05) is 30.3 Å². The third kappa shape index (κ3) is 4.24. The van der Waals surface area contributed by atoms with Crippen LogP contribution in [0.3, 0.4) is 0 Å². The van der Waals surface area contributed by atoms with Gasteiger partial charge in [-0.15, -0.1) is 0 Å². The van der Waals surface area contributed by atoms with E-state index >= 15 is 0 Å². The fourth-order valence-corrected chi connectivity index (χ4v) is 3.10. The van der Waals surface area contributed by atoms with Gasteiger partial charge >= 0.3 is 0 Å². The lowest BCUT2D eigenvalue weighted by Gasteiger charge is -2.12. The molecule has 25 heavy (non-hydrogen) atoms. The van der Waals surface area contributed by atoms with Gasteiger partial charge in [0.2, 0.25) is 0 Å². The molecule has 0 spiro atoms. The molecule has 130 valence electrons. The van der Waals surface area contributed by atoms with Crippen molar-refractivity contribution in [1.82, 2.24) is 5.01 Å². The van der Waals surface area contributed by atoms with Gasteiger partial charge in [0.25, 0.3) is 5.91 Å². The maximum absolute atomic E-state index is 12.2. The van der Waals surface area contributed by atoms with Crippen molar-refractivity contribution in [3.8, 4) is 5.75 Å². The van der Waals surface area contributed by atoms with Crippen LogP contribution in [0.4, 0.5) is 0 Å². The SMILES string of the molecule is CS(=O)(=O)c1ccc(OCC(=O)N2CCC(c3ccccc3)=N2)cc1. The molecule has 2 aromatic carbocycles. The summed E-state index contributed by atoms with van der Waals surface area (Å²) in [5.41, 5.74) is 1.89. The van der Waals surface area contributed by atoms with E-state index in [9.17, 15) is 13.2 Å². The van der Waals surface area contributed by atoms with E-state index in [0.717, 1.165) is 17.5 Å². The zero-order valence-electron chi connectivity index (χ0n) is 13.8. The molecular formula is C18H18N2O4S. The van der Waals surface area contributed by atoms with Crippen LogP contribution in [0.15, 0.2) is 64.6 Å². The Kier molecular flexibility index (Phi) is 4.85. The van der Waals surface area contributed by atoms with Crippen LogP contribution < -0.4 is 4.74 Å². The summed E-state index contributed by atoms with van der Waals surface area (Å²) >= 11 is 0. The molecule has 1 heterocycles. The van der Waals surface area contributed by atoms with Crippen LogP contribution in [0.5, 0.6) is 5.75 Å². The van der Waals surface area contributed by atoms with Crippen LogP contribution in [-0.2, 0) is 14.6 Å². The monoisotopic (exact) mass is 358 g/mol. The lowest BCUT2D eigenvalue weighted by Crippen LogP contribution is -2.28. The molecule has 1 amide bonds. The molecule has 2 aromatic rings. The van der Waals surface area contributed by atoms with E-state index in [4.69, 9.17) is 4.74 Å². The molecule has 0 radical (unpaired) electrons. The van der Waals surface area contributed by atoms with Crippen molar-refractivity contribution in [3.05, 3.63) is 60.2 Å². The Balaban J connectivity index is 1.59. The van der Waals surface area contributed by atoms with Gasteiger partial charge in [0.05, 0.1) is 17.2 Å². The maximum atomic E-state index is 12.2. The fourth-order valence-electron chi connectivity index (χ4n) is 2.47. The van der Waals surface area contributed by atoms with Gasteiger partial charge in [-0.2, -0.15) is 5.10 Å². The minimum Gasteiger partial charge on any atom is -0.484 e. The third-order valence-corrected chi connectivity index (χ3v) is 4.94. The first-order valence-electron chi connectivity index (χ1n) is 7.80. The minimum absolute atomic E-state index is 0.149. The summed E-state index contributed by atoms with van der Waals surface area (Å²) in [6.07, 6.45) is 1.85. The van der Waals surface area contributed by atoms with Gasteiger partial charge in [-0.3, -0.25) is 4.79 Å². The first-order chi connectivity index (χ1) is 11.9. The van der Waals surface area contributed by atoms with Crippen molar-refractivity contribution in [2.75, 3.05) is 19.4 Å². The Labute approximate surface area is 146 Å². The standard InChI is InChI=1S/C18H18N2O4S/c1-25(22,23)16-9-7-15(8-10-16)24-13-18(21)20-12-11-17(19-20)14-5-3-2-4-6-14/h2-10H,11-13H2,1H3. The van der Waals surface area contributed by atoms with Crippen molar-refractivity contribution in [3.63, 3.8) is 0 Å².